The summed E-state index contributed by atoms with van der Waals surface area (Å²) in [5.41, 5.74) is 4.53. The molecule has 2 N–H and O–H groups in total. The van der Waals surface area contributed by atoms with Crippen LogP contribution in [0.15, 0.2) is 46.9 Å². The lowest BCUT2D eigenvalue weighted by atomic mass is 10.3. The lowest BCUT2D eigenvalue weighted by Crippen LogP contribution is -2.48. The van der Waals surface area contributed by atoms with Crippen molar-refractivity contribution < 1.29 is 23.8 Å². The molecule has 0 heterocycles. The second-order valence-electron chi connectivity index (χ2n) is 5.31. The fraction of sp³-hybridized carbons (Fsp3) is 0.222. The molecule has 0 fully saturated rings. The molecule has 0 radical (unpaired) electrons. The van der Waals surface area contributed by atoms with E-state index < -0.39 is 17.9 Å². The minimum atomic E-state index is -0.858. The van der Waals surface area contributed by atoms with Gasteiger partial charge in [0.1, 0.15) is 5.75 Å². The Balaban J connectivity index is 1.79. The van der Waals surface area contributed by atoms with Gasteiger partial charge in [-0.3, -0.25) is 20.4 Å². The molecule has 1 unspecified atom stereocenters. The molecule has 27 heavy (non-hydrogen) atoms. The molecule has 2 aromatic rings. The number of methoxy groups -OCH3 is 1. The van der Waals surface area contributed by atoms with Crippen LogP contribution in [0.4, 0.5) is 0 Å². The standard InChI is InChI=1S/C18H18BrClN2O5/c1-11(27-16-6-4-3-5-15(16)25-2)18(24)22-21-17(23)10-26-14-8-7-12(19)9-13(14)20/h3-9,11H,10H2,1-2H3,(H,21,23)(H,22,24). The van der Waals surface area contributed by atoms with Crippen LogP contribution < -0.4 is 25.1 Å². The molecular formula is C18H18BrClN2O5. The third-order valence-corrected chi connectivity index (χ3v) is 4.11. The molecule has 144 valence electrons. The van der Waals surface area contributed by atoms with Gasteiger partial charge in [-0.05, 0) is 37.3 Å². The molecule has 0 aliphatic heterocycles. The molecule has 9 heteroatoms. The highest BCUT2D eigenvalue weighted by atomic mass is 79.9. The van der Waals surface area contributed by atoms with Gasteiger partial charge in [-0.15, -0.1) is 0 Å². The van der Waals surface area contributed by atoms with E-state index in [9.17, 15) is 9.59 Å². The third-order valence-electron chi connectivity index (χ3n) is 3.32. The molecule has 2 aromatic carbocycles. The maximum atomic E-state index is 12.1. The maximum absolute atomic E-state index is 12.1. The van der Waals surface area contributed by atoms with Crippen LogP contribution in [0.3, 0.4) is 0 Å². The van der Waals surface area contributed by atoms with E-state index in [-0.39, 0.29) is 6.61 Å². The highest BCUT2D eigenvalue weighted by Gasteiger charge is 2.17. The number of para-hydroxylation sites is 2. The first-order valence-electron chi connectivity index (χ1n) is 7.87. The highest BCUT2D eigenvalue weighted by molar-refractivity contribution is 9.10. The predicted octanol–water partition coefficient (Wildman–Crippen LogP) is 3.10. The molecule has 0 aliphatic rings. The molecule has 2 amide bonds. The summed E-state index contributed by atoms with van der Waals surface area (Å²) in [6, 6.07) is 11.9. The Morgan fingerprint density at radius 2 is 1.81 bits per heavy atom. The molecular weight excluding hydrogens is 440 g/mol. The SMILES string of the molecule is COc1ccccc1OC(C)C(=O)NNC(=O)COc1ccc(Br)cc1Cl. The normalized spacial score (nSPS) is 11.3. The second-order valence-corrected chi connectivity index (χ2v) is 6.63. The van der Waals surface area contributed by atoms with Crippen molar-refractivity contribution in [3.63, 3.8) is 0 Å². The summed E-state index contributed by atoms with van der Waals surface area (Å²) in [5.74, 6) is 0.195. The molecule has 0 aliphatic carbocycles. The average molecular weight is 458 g/mol. The van der Waals surface area contributed by atoms with Crippen LogP contribution in [-0.2, 0) is 9.59 Å². The van der Waals surface area contributed by atoms with Gasteiger partial charge >= 0.3 is 0 Å². The zero-order valence-electron chi connectivity index (χ0n) is 14.6. The lowest BCUT2D eigenvalue weighted by molar-refractivity contribution is -0.133. The van der Waals surface area contributed by atoms with Gasteiger partial charge in [0.05, 0.1) is 12.1 Å². The van der Waals surface area contributed by atoms with Crippen LogP contribution in [0.2, 0.25) is 5.02 Å². The van der Waals surface area contributed by atoms with Crippen LogP contribution in [0.1, 0.15) is 6.92 Å². The summed E-state index contributed by atoms with van der Waals surface area (Å²) in [6.45, 7) is 1.23. The molecule has 1 atom stereocenters. The van der Waals surface area contributed by atoms with Gasteiger partial charge in [-0.1, -0.05) is 39.7 Å². The van der Waals surface area contributed by atoms with E-state index in [1.54, 1.807) is 49.4 Å². The van der Waals surface area contributed by atoms with E-state index in [1.807, 2.05) is 0 Å². The van der Waals surface area contributed by atoms with Gasteiger partial charge in [0.15, 0.2) is 24.2 Å². The molecule has 2 rings (SSSR count). The Hall–Kier alpha value is -2.45. The van der Waals surface area contributed by atoms with Crippen molar-refractivity contribution in [1.29, 1.82) is 0 Å². The number of ether oxygens (including phenoxy) is 3. The van der Waals surface area contributed by atoms with Crippen LogP contribution in [0.25, 0.3) is 0 Å². The lowest BCUT2D eigenvalue weighted by Gasteiger charge is -2.17. The average Bonchev–Trinajstić information content (AvgIpc) is 2.65. The first-order chi connectivity index (χ1) is 12.9. The van der Waals surface area contributed by atoms with Crippen molar-refractivity contribution in [1.82, 2.24) is 10.9 Å². The fourth-order valence-corrected chi connectivity index (χ4v) is 2.69. The fourth-order valence-electron chi connectivity index (χ4n) is 1.96. The third kappa shape index (κ3) is 6.33. The van der Waals surface area contributed by atoms with Crippen LogP contribution in [-0.4, -0.2) is 31.6 Å². The van der Waals surface area contributed by atoms with Gasteiger partial charge in [0.2, 0.25) is 0 Å². The van der Waals surface area contributed by atoms with Gasteiger partial charge in [-0.2, -0.15) is 0 Å². The van der Waals surface area contributed by atoms with Gasteiger partial charge in [0, 0.05) is 4.47 Å². The highest BCUT2D eigenvalue weighted by Crippen LogP contribution is 2.28. The molecule has 0 aromatic heterocycles. The first-order valence-corrected chi connectivity index (χ1v) is 9.04. The van der Waals surface area contributed by atoms with Gasteiger partial charge < -0.3 is 14.2 Å². The van der Waals surface area contributed by atoms with Crippen LogP contribution >= 0.6 is 27.5 Å². The Bertz CT molecular complexity index is 818. The topological polar surface area (TPSA) is 85.9 Å². The summed E-state index contributed by atoms with van der Waals surface area (Å²) in [4.78, 5) is 23.9. The van der Waals surface area contributed by atoms with Crippen molar-refractivity contribution in [3.8, 4) is 17.2 Å². The largest absolute Gasteiger partial charge is 0.493 e. The molecule has 0 saturated carbocycles. The smallest absolute Gasteiger partial charge is 0.279 e. The Kier molecular flexibility index (Phi) is 7.75. The minimum Gasteiger partial charge on any atom is -0.493 e. The summed E-state index contributed by atoms with van der Waals surface area (Å²) < 4.78 is 16.8. The summed E-state index contributed by atoms with van der Waals surface area (Å²) in [6.07, 6.45) is -0.858. The number of carbonyl (C=O) groups excluding carboxylic acids is 2. The van der Waals surface area contributed by atoms with Gasteiger partial charge in [0.25, 0.3) is 11.8 Å². The maximum Gasteiger partial charge on any atom is 0.279 e. The zero-order chi connectivity index (χ0) is 19.8. The molecule has 0 bridgehead atoms. The summed E-state index contributed by atoms with van der Waals surface area (Å²) in [7, 11) is 1.50. The van der Waals surface area contributed by atoms with Crippen LogP contribution in [0, 0.1) is 0 Å². The van der Waals surface area contributed by atoms with Crippen LogP contribution in [0.5, 0.6) is 17.2 Å². The number of carbonyl (C=O) groups is 2. The summed E-state index contributed by atoms with van der Waals surface area (Å²) in [5, 5.41) is 0.361. The quantitative estimate of drug-likeness (QED) is 0.624. The second kappa shape index (κ2) is 10.0. The number of hydrogen-bond donors (Lipinski definition) is 2. The van der Waals surface area contributed by atoms with Crippen molar-refractivity contribution in [2.24, 2.45) is 0 Å². The van der Waals surface area contributed by atoms with E-state index in [1.165, 1.54) is 7.11 Å². The molecule has 0 spiro atoms. The molecule has 0 saturated heterocycles. The van der Waals surface area contributed by atoms with E-state index in [4.69, 9.17) is 25.8 Å². The number of nitrogens with one attached hydrogen (secondary N) is 2. The van der Waals surface area contributed by atoms with E-state index in [2.05, 4.69) is 26.8 Å². The number of hydrogen-bond acceptors (Lipinski definition) is 5. The Morgan fingerprint density at radius 3 is 2.48 bits per heavy atom. The van der Waals surface area contributed by atoms with Gasteiger partial charge in [-0.25, -0.2) is 0 Å². The Morgan fingerprint density at radius 1 is 1.11 bits per heavy atom. The summed E-state index contributed by atoms with van der Waals surface area (Å²) >= 11 is 9.28. The van der Waals surface area contributed by atoms with Crippen molar-refractivity contribution in [2.45, 2.75) is 13.0 Å². The molecule has 7 nitrogen and oxygen atoms in total. The zero-order valence-corrected chi connectivity index (χ0v) is 17.0. The predicted molar refractivity (Wildman–Crippen MR) is 104 cm³/mol. The number of hydrazine groups is 1. The Labute approximate surface area is 170 Å². The number of rotatable bonds is 7. The van der Waals surface area contributed by atoms with Crippen molar-refractivity contribution >= 4 is 39.3 Å². The van der Waals surface area contributed by atoms with E-state index in [0.717, 1.165) is 4.47 Å². The number of halogens is 2. The minimum absolute atomic E-state index is 0.316. The number of benzene rings is 2. The first kappa shape index (κ1) is 20.9. The van der Waals surface area contributed by atoms with Crippen molar-refractivity contribution in [2.75, 3.05) is 13.7 Å². The monoisotopic (exact) mass is 456 g/mol. The number of amides is 2. The van der Waals surface area contributed by atoms with Crippen molar-refractivity contribution in [3.05, 3.63) is 52.0 Å². The van der Waals surface area contributed by atoms with E-state index in [0.29, 0.717) is 22.3 Å². The van der Waals surface area contributed by atoms with E-state index >= 15 is 0 Å².